The SMILES string of the molecule is N#Cc1cccc(NC(=O)c2ccc(Cl)c(N3CCCC3=O)c2)c1. The Hall–Kier alpha value is -2.84. The van der Waals surface area contributed by atoms with Gasteiger partial charge < -0.3 is 10.2 Å². The summed E-state index contributed by atoms with van der Waals surface area (Å²) < 4.78 is 0. The molecule has 0 atom stereocenters. The molecule has 120 valence electrons. The molecule has 24 heavy (non-hydrogen) atoms. The average molecular weight is 340 g/mol. The Kier molecular flexibility index (Phi) is 4.50. The van der Waals surface area contributed by atoms with Crippen molar-refractivity contribution in [1.29, 1.82) is 5.26 Å². The number of amides is 2. The van der Waals surface area contributed by atoms with E-state index >= 15 is 0 Å². The molecule has 0 radical (unpaired) electrons. The summed E-state index contributed by atoms with van der Waals surface area (Å²) in [6, 6.07) is 13.5. The molecular weight excluding hydrogens is 326 g/mol. The number of rotatable bonds is 3. The van der Waals surface area contributed by atoms with Crippen molar-refractivity contribution in [2.24, 2.45) is 0 Å². The predicted molar refractivity (Wildman–Crippen MR) is 92.1 cm³/mol. The highest BCUT2D eigenvalue weighted by molar-refractivity contribution is 6.34. The van der Waals surface area contributed by atoms with Crippen molar-refractivity contribution < 1.29 is 9.59 Å². The molecule has 1 aliphatic heterocycles. The van der Waals surface area contributed by atoms with Gasteiger partial charge in [-0.25, -0.2) is 0 Å². The Balaban J connectivity index is 1.85. The van der Waals surface area contributed by atoms with Crippen molar-refractivity contribution in [3.63, 3.8) is 0 Å². The summed E-state index contributed by atoms with van der Waals surface area (Å²) in [7, 11) is 0. The van der Waals surface area contributed by atoms with Crippen molar-refractivity contribution in [1.82, 2.24) is 0 Å². The van der Waals surface area contributed by atoms with Gasteiger partial charge in [0.1, 0.15) is 0 Å². The smallest absolute Gasteiger partial charge is 0.255 e. The van der Waals surface area contributed by atoms with Crippen LogP contribution in [0.25, 0.3) is 0 Å². The molecule has 2 aromatic rings. The van der Waals surface area contributed by atoms with Gasteiger partial charge in [0.25, 0.3) is 5.91 Å². The third-order valence-electron chi connectivity index (χ3n) is 3.82. The van der Waals surface area contributed by atoms with Gasteiger partial charge in [-0.3, -0.25) is 9.59 Å². The van der Waals surface area contributed by atoms with Crippen molar-refractivity contribution in [2.45, 2.75) is 12.8 Å². The highest BCUT2D eigenvalue weighted by atomic mass is 35.5. The summed E-state index contributed by atoms with van der Waals surface area (Å²) in [5.74, 6) is -0.314. The Morgan fingerprint density at radius 3 is 2.79 bits per heavy atom. The minimum atomic E-state index is -0.324. The topological polar surface area (TPSA) is 73.2 Å². The van der Waals surface area contributed by atoms with Crippen LogP contribution in [-0.4, -0.2) is 18.4 Å². The molecule has 2 amide bonds. The zero-order chi connectivity index (χ0) is 17.1. The van der Waals surface area contributed by atoms with E-state index in [0.717, 1.165) is 6.42 Å². The fourth-order valence-corrected chi connectivity index (χ4v) is 2.85. The third-order valence-corrected chi connectivity index (χ3v) is 4.14. The zero-order valence-corrected chi connectivity index (χ0v) is 13.5. The second-order valence-electron chi connectivity index (χ2n) is 5.46. The predicted octanol–water partition coefficient (Wildman–Crippen LogP) is 3.59. The number of nitrogens with one attached hydrogen (secondary N) is 1. The van der Waals surface area contributed by atoms with E-state index < -0.39 is 0 Å². The maximum Gasteiger partial charge on any atom is 0.255 e. The van der Waals surface area contributed by atoms with Gasteiger partial charge in [0.15, 0.2) is 0 Å². The van der Waals surface area contributed by atoms with E-state index in [0.29, 0.717) is 40.5 Å². The van der Waals surface area contributed by atoms with Crippen LogP contribution >= 0.6 is 11.6 Å². The first-order valence-electron chi connectivity index (χ1n) is 7.50. The molecule has 1 fully saturated rings. The van der Waals surface area contributed by atoms with Crippen LogP contribution in [0, 0.1) is 11.3 Å². The number of hydrogen-bond donors (Lipinski definition) is 1. The normalized spacial score (nSPS) is 13.7. The molecule has 0 bridgehead atoms. The molecule has 6 heteroatoms. The summed E-state index contributed by atoms with van der Waals surface area (Å²) in [6.07, 6.45) is 1.28. The number of benzene rings is 2. The van der Waals surface area contributed by atoms with E-state index in [1.54, 1.807) is 47.4 Å². The monoisotopic (exact) mass is 339 g/mol. The van der Waals surface area contributed by atoms with Gasteiger partial charge >= 0.3 is 0 Å². The van der Waals surface area contributed by atoms with Crippen LogP contribution in [0.4, 0.5) is 11.4 Å². The van der Waals surface area contributed by atoms with Gasteiger partial charge in [0.2, 0.25) is 5.91 Å². The van der Waals surface area contributed by atoms with Crippen molar-refractivity contribution in [3.05, 3.63) is 58.6 Å². The molecule has 0 unspecified atom stereocenters. The summed E-state index contributed by atoms with van der Waals surface area (Å²) in [4.78, 5) is 25.9. The molecule has 0 saturated carbocycles. The van der Waals surface area contributed by atoms with E-state index in [4.69, 9.17) is 16.9 Å². The molecule has 1 N–H and O–H groups in total. The summed E-state index contributed by atoms with van der Waals surface area (Å²) >= 11 is 6.18. The Morgan fingerprint density at radius 1 is 1.25 bits per heavy atom. The Bertz CT molecular complexity index is 858. The lowest BCUT2D eigenvalue weighted by Gasteiger charge is -2.18. The van der Waals surface area contributed by atoms with Crippen molar-refractivity contribution in [2.75, 3.05) is 16.8 Å². The van der Waals surface area contributed by atoms with Gasteiger partial charge in [-0.1, -0.05) is 17.7 Å². The van der Waals surface area contributed by atoms with E-state index in [-0.39, 0.29) is 11.8 Å². The summed E-state index contributed by atoms with van der Waals surface area (Å²) in [5.41, 5.74) is 1.95. The molecule has 0 aliphatic carbocycles. The lowest BCUT2D eigenvalue weighted by molar-refractivity contribution is -0.117. The van der Waals surface area contributed by atoms with E-state index in [1.807, 2.05) is 6.07 Å². The molecule has 1 aliphatic rings. The molecule has 2 aromatic carbocycles. The fraction of sp³-hybridized carbons (Fsp3) is 0.167. The number of carbonyl (C=O) groups is 2. The molecular formula is C18H14ClN3O2. The first kappa shape index (κ1) is 16.0. The van der Waals surface area contributed by atoms with E-state index in [9.17, 15) is 9.59 Å². The standard InChI is InChI=1S/C18H14ClN3O2/c19-15-7-6-13(10-16(15)22-8-2-5-17(22)23)18(24)21-14-4-1-3-12(9-14)11-20/h1,3-4,6-7,9-10H,2,5,8H2,(H,21,24). The van der Waals surface area contributed by atoms with Gasteiger partial charge in [-0.15, -0.1) is 0 Å². The van der Waals surface area contributed by atoms with Crippen LogP contribution in [0.5, 0.6) is 0 Å². The average Bonchev–Trinajstić information content (AvgIpc) is 3.01. The highest BCUT2D eigenvalue weighted by Gasteiger charge is 2.24. The maximum absolute atomic E-state index is 12.4. The lowest BCUT2D eigenvalue weighted by atomic mass is 10.1. The first-order chi connectivity index (χ1) is 11.6. The van der Waals surface area contributed by atoms with Gasteiger partial charge in [-0.05, 0) is 42.8 Å². The van der Waals surface area contributed by atoms with Crippen LogP contribution in [0.15, 0.2) is 42.5 Å². The number of halogens is 1. The second kappa shape index (κ2) is 6.73. The first-order valence-corrected chi connectivity index (χ1v) is 7.88. The molecule has 3 rings (SSSR count). The number of anilines is 2. The minimum absolute atomic E-state index is 0.0104. The quantitative estimate of drug-likeness (QED) is 0.928. The number of hydrogen-bond acceptors (Lipinski definition) is 3. The Morgan fingerprint density at radius 2 is 2.08 bits per heavy atom. The van der Waals surface area contributed by atoms with Crippen molar-refractivity contribution >= 4 is 34.8 Å². The molecule has 1 saturated heterocycles. The Labute approximate surface area is 144 Å². The molecule has 1 heterocycles. The van der Waals surface area contributed by atoms with Crippen LogP contribution in [0.3, 0.4) is 0 Å². The van der Waals surface area contributed by atoms with Crippen LogP contribution in [0.1, 0.15) is 28.8 Å². The largest absolute Gasteiger partial charge is 0.322 e. The van der Waals surface area contributed by atoms with Crippen LogP contribution < -0.4 is 10.2 Å². The van der Waals surface area contributed by atoms with E-state index in [2.05, 4.69) is 5.32 Å². The highest BCUT2D eigenvalue weighted by Crippen LogP contribution is 2.30. The molecule has 0 spiro atoms. The molecule has 5 nitrogen and oxygen atoms in total. The fourth-order valence-electron chi connectivity index (χ4n) is 2.63. The summed E-state index contributed by atoms with van der Waals surface area (Å²) in [6.45, 7) is 0.605. The summed E-state index contributed by atoms with van der Waals surface area (Å²) in [5, 5.41) is 12.1. The molecule has 0 aromatic heterocycles. The number of carbonyl (C=O) groups excluding carboxylic acids is 2. The minimum Gasteiger partial charge on any atom is -0.322 e. The van der Waals surface area contributed by atoms with Gasteiger partial charge in [0, 0.05) is 24.2 Å². The lowest BCUT2D eigenvalue weighted by Crippen LogP contribution is -2.24. The van der Waals surface area contributed by atoms with Crippen molar-refractivity contribution in [3.8, 4) is 6.07 Å². The maximum atomic E-state index is 12.4. The van der Waals surface area contributed by atoms with Gasteiger partial charge in [0.05, 0.1) is 22.3 Å². The number of nitrogens with zero attached hydrogens (tertiary/aromatic N) is 2. The zero-order valence-electron chi connectivity index (χ0n) is 12.8. The van der Waals surface area contributed by atoms with Gasteiger partial charge in [-0.2, -0.15) is 5.26 Å². The number of nitriles is 1. The van der Waals surface area contributed by atoms with E-state index in [1.165, 1.54) is 0 Å². The van der Waals surface area contributed by atoms with Crippen LogP contribution in [-0.2, 0) is 4.79 Å². The third kappa shape index (κ3) is 3.24. The second-order valence-corrected chi connectivity index (χ2v) is 5.87. The van der Waals surface area contributed by atoms with Crippen LogP contribution in [0.2, 0.25) is 5.02 Å².